The van der Waals surface area contributed by atoms with Gasteiger partial charge in [-0.3, -0.25) is 9.78 Å². The minimum atomic E-state index is -3.52. The van der Waals surface area contributed by atoms with Crippen molar-refractivity contribution >= 4 is 38.8 Å². The highest BCUT2D eigenvalue weighted by atomic mass is 32.2. The summed E-state index contributed by atoms with van der Waals surface area (Å²) in [6.07, 6.45) is 6.36. The first kappa shape index (κ1) is 18.0. The number of amides is 1. The summed E-state index contributed by atoms with van der Waals surface area (Å²) >= 11 is 1.24. The number of carbonyl (C=O) groups is 1. The monoisotopic (exact) mass is 384 g/mol. The number of rotatable bonds is 5. The van der Waals surface area contributed by atoms with Gasteiger partial charge < -0.3 is 5.32 Å². The van der Waals surface area contributed by atoms with E-state index in [4.69, 9.17) is 0 Å². The molecule has 2 heterocycles. The number of aromatic nitrogens is 1. The third-order valence-corrected chi connectivity index (χ3v) is 6.79. The maximum Gasteiger partial charge on any atom is 0.248 e. The van der Waals surface area contributed by atoms with Gasteiger partial charge in [0.1, 0.15) is 4.21 Å². The summed E-state index contributed by atoms with van der Waals surface area (Å²) in [5, 5.41) is 2.70. The van der Waals surface area contributed by atoms with Gasteiger partial charge in [-0.05, 0) is 61.0 Å². The Balaban J connectivity index is 1.70. The summed E-state index contributed by atoms with van der Waals surface area (Å²) in [4.78, 5) is 17.1. The second-order valence-electron chi connectivity index (χ2n) is 5.50. The van der Waals surface area contributed by atoms with Gasteiger partial charge in [0.2, 0.25) is 15.7 Å². The molecule has 132 valence electrons. The quantitative estimate of drug-likeness (QED) is 0.676. The van der Waals surface area contributed by atoms with E-state index in [1.807, 2.05) is 13.0 Å². The van der Waals surface area contributed by atoms with E-state index in [0.29, 0.717) is 9.90 Å². The van der Waals surface area contributed by atoms with E-state index in [1.54, 1.807) is 48.8 Å². The lowest BCUT2D eigenvalue weighted by molar-refractivity contribution is -0.111. The molecule has 2 aromatic heterocycles. The fraction of sp³-hybridized carbons (Fsp3) is 0.0526. The number of aryl methyl sites for hydroxylation is 1. The standard InChI is InChI=1S/C19H16N2O3S2/c1-14-4-11-19(25-14)26(23,24)17-8-6-16(7-9-17)21-18(22)10-5-15-3-2-12-20-13-15/h2-13H,1H3,(H,21,22). The van der Waals surface area contributed by atoms with Crippen molar-refractivity contribution in [2.45, 2.75) is 16.0 Å². The van der Waals surface area contributed by atoms with Crippen molar-refractivity contribution in [1.29, 1.82) is 0 Å². The highest BCUT2D eigenvalue weighted by molar-refractivity contribution is 7.93. The number of anilines is 1. The van der Waals surface area contributed by atoms with E-state index < -0.39 is 9.84 Å². The molecule has 3 aromatic rings. The average molecular weight is 384 g/mol. The number of hydrogen-bond acceptors (Lipinski definition) is 5. The van der Waals surface area contributed by atoms with Gasteiger partial charge in [-0.15, -0.1) is 11.3 Å². The Hall–Kier alpha value is -2.77. The van der Waals surface area contributed by atoms with E-state index in [0.717, 1.165) is 10.4 Å². The molecule has 0 atom stereocenters. The van der Waals surface area contributed by atoms with Gasteiger partial charge >= 0.3 is 0 Å². The highest BCUT2D eigenvalue weighted by Gasteiger charge is 2.19. The predicted octanol–water partition coefficient (Wildman–Crippen LogP) is 3.94. The van der Waals surface area contributed by atoms with Crippen LogP contribution in [0.25, 0.3) is 6.08 Å². The molecule has 7 heteroatoms. The summed E-state index contributed by atoms with van der Waals surface area (Å²) in [5.41, 5.74) is 1.34. The van der Waals surface area contributed by atoms with Gasteiger partial charge in [-0.25, -0.2) is 8.42 Å². The molecule has 0 radical (unpaired) electrons. The zero-order valence-corrected chi connectivity index (χ0v) is 15.5. The Morgan fingerprint density at radius 3 is 2.50 bits per heavy atom. The van der Waals surface area contributed by atoms with E-state index in [1.165, 1.54) is 29.5 Å². The van der Waals surface area contributed by atoms with Gasteiger partial charge in [0.25, 0.3) is 0 Å². The number of thiophene rings is 1. The second-order valence-corrected chi connectivity index (χ2v) is 8.97. The van der Waals surface area contributed by atoms with Crippen molar-refractivity contribution in [2.24, 2.45) is 0 Å². The normalized spacial score (nSPS) is 11.6. The molecular formula is C19H16N2O3S2. The topological polar surface area (TPSA) is 76.1 Å². The van der Waals surface area contributed by atoms with Gasteiger partial charge in [0.15, 0.2) is 0 Å². The Morgan fingerprint density at radius 2 is 1.88 bits per heavy atom. The first-order chi connectivity index (χ1) is 12.4. The van der Waals surface area contributed by atoms with Crippen molar-refractivity contribution in [3.05, 3.63) is 77.4 Å². The number of sulfone groups is 1. The van der Waals surface area contributed by atoms with E-state index in [9.17, 15) is 13.2 Å². The predicted molar refractivity (Wildman–Crippen MR) is 103 cm³/mol. The molecule has 0 bridgehead atoms. The van der Waals surface area contributed by atoms with Crippen LogP contribution in [0.4, 0.5) is 5.69 Å². The van der Waals surface area contributed by atoms with Crippen molar-refractivity contribution in [2.75, 3.05) is 5.32 Å². The third kappa shape index (κ3) is 4.25. The fourth-order valence-corrected chi connectivity index (χ4v) is 4.91. The summed E-state index contributed by atoms with van der Waals surface area (Å²) in [5.74, 6) is -0.307. The van der Waals surface area contributed by atoms with Crippen LogP contribution in [0.1, 0.15) is 10.4 Å². The summed E-state index contributed by atoms with van der Waals surface area (Å²) in [7, 11) is -3.52. The maximum atomic E-state index is 12.5. The number of carbonyl (C=O) groups excluding carboxylic acids is 1. The largest absolute Gasteiger partial charge is 0.323 e. The van der Waals surface area contributed by atoms with E-state index in [2.05, 4.69) is 10.3 Å². The van der Waals surface area contributed by atoms with Crippen molar-refractivity contribution in [1.82, 2.24) is 4.98 Å². The minimum Gasteiger partial charge on any atom is -0.323 e. The van der Waals surface area contributed by atoms with Crippen LogP contribution in [-0.2, 0) is 14.6 Å². The minimum absolute atomic E-state index is 0.197. The number of nitrogens with one attached hydrogen (secondary N) is 1. The number of hydrogen-bond donors (Lipinski definition) is 1. The number of pyridine rings is 1. The van der Waals surface area contributed by atoms with Crippen LogP contribution in [0, 0.1) is 6.92 Å². The van der Waals surface area contributed by atoms with Crippen LogP contribution < -0.4 is 5.32 Å². The molecule has 0 aliphatic heterocycles. The van der Waals surface area contributed by atoms with E-state index >= 15 is 0 Å². The van der Waals surface area contributed by atoms with Crippen LogP contribution in [0.5, 0.6) is 0 Å². The summed E-state index contributed by atoms with van der Waals surface area (Å²) in [6, 6.07) is 13.1. The molecule has 0 fully saturated rings. The maximum absolute atomic E-state index is 12.5. The van der Waals surface area contributed by atoms with Crippen molar-refractivity contribution < 1.29 is 13.2 Å². The summed E-state index contributed by atoms with van der Waals surface area (Å²) in [6.45, 7) is 1.86. The Labute approximate surface area is 156 Å². The molecule has 5 nitrogen and oxygen atoms in total. The first-order valence-electron chi connectivity index (χ1n) is 7.76. The zero-order chi connectivity index (χ0) is 18.6. The molecule has 0 spiro atoms. The van der Waals surface area contributed by atoms with Crippen LogP contribution in [0.15, 0.2) is 76.1 Å². The average Bonchev–Trinajstić information content (AvgIpc) is 3.09. The first-order valence-corrected chi connectivity index (χ1v) is 10.1. The fourth-order valence-electron chi connectivity index (χ4n) is 2.22. The lowest BCUT2D eigenvalue weighted by Crippen LogP contribution is -2.08. The molecule has 0 saturated carbocycles. The third-order valence-electron chi connectivity index (χ3n) is 3.52. The second kappa shape index (κ2) is 7.63. The van der Waals surface area contributed by atoms with Crippen LogP contribution in [-0.4, -0.2) is 19.3 Å². The Bertz CT molecular complexity index is 1040. The Morgan fingerprint density at radius 1 is 1.12 bits per heavy atom. The molecular weight excluding hydrogens is 368 g/mol. The van der Waals surface area contributed by atoms with Crippen LogP contribution in [0.2, 0.25) is 0 Å². The number of nitrogens with zero attached hydrogens (tertiary/aromatic N) is 1. The molecule has 0 saturated heterocycles. The number of benzene rings is 1. The van der Waals surface area contributed by atoms with Gasteiger partial charge in [0.05, 0.1) is 4.90 Å². The van der Waals surface area contributed by atoms with Crippen molar-refractivity contribution in [3.63, 3.8) is 0 Å². The summed E-state index contributed by atoms with van der Waals surface area (Å²) < 4.78 is 25.4. The van der Waals surface area contributed by atoms with Crippen molar-refractivity contribution in [3.8, 4) is 0 Å². The lowest BCUT2D eigenvalue weighted by atomic mass is 10.2. The van der Waals surface area contributed by atoms with E-state index in [-0.39, 0.29) is 10.8 Å². The van der Waals surface area contributed by atoms with Gasteiger partial charge in [-0.1, -0.05) is 6.07 Å². The lowest BCUT2D eigenvalue weighted by Gasteiger charge is -2.05. The smallest absolute Gasteiger partial charge is 0.248 e. The molecule has 26 heavy (non-hydrogen) atoms. The molecule has 1 aromatic carbocycles. The van der Waals surface area contributed by atoms with Gasteiger partial charge in [-0.2, -0.15) is 0 Å². The zero-order valence-electron chi connectivity index (χ0n) is 13.9. The molecule has 0 unspecified atom stereocenters. The highest BCUT2D eigenvalue weighted by Crippen LogP contribution is 2.28. The molecule has 1 N–H and O–H groups in total. The SMILES string of the molecule is Cc1ccc(S(=O)(=O)c2ccc(NC(=O)C=Cc3cccnc3)cc2)s1. The van der Waals surface area contributed by atoms with Gasteiger partial charge in [0, 0.05) is 29.0 Å². The van der Waals surface area contributed by atoms with Crippen LogP contribution >= 0.6 is 11.3 Å². The molecule has 0 aliphatic rings. The molecule has 0 aliphatic carbocycles. The van der Waals surface area contributed by atoms with Crippen LogP contribution in [0.3, 0.4) is 0 Å². The molecule has 3 rings (SSSR count). The molecule has 1 amide bonds. The Kier molecular flexibility index (Phi) is 5.29.